The summed E-state index contributed by atoms with van der Waals surface area (Å²) in [5, 5.41) is -0.374. The van der Waals surface area contributed by atoms with Gasteiger partial charge in [0.2, 0.25) is 16.0 Å². The SMILES string of the molecule is CC(C)S(=O)(=O)N1CCN(c2ncc(C(C)(C)C)cn2)CC1. The molecule has 6 nitrogen and oxygen atoms in total. The molecule has 1 fully saturated rings. The number of aromatic nitrogens is 2. The van der Waals surface area contributed by atoms with E-state index in [2.05, 4.69) is 30.7 Å². The van der Waals surface area contributed by atoms with Crippen LogP contribution in [0.1, 0.15) is 40.2 Å². The van der Waals surface area contributed by atoms with Gasteiger partial charge in [0.1, 0.15) is 0 Å². The van der Waals surface area contributed by atoms with E-state index in [1.54, 1.807) is 18.2 Å². The molecule has 0 atom stereocenters. The minimum Gasteiger partial charge on any atom is -0.338 e. The first-order valence-electron chi connectivity index (χ1n) is 7.69. The van der Waals surface area contributed by atoms with E-state index in [4.69, 9.17) is 0 Å². The van der Waals surface area contributed by atoms with Crippen molar-refractivity contribution < 1.29 is 8.42 Å². The Morgan fingerprint density at radius 1 is 1.05 bits per heavy atom. The lowest BCUT2D eigenvalue weighted by atomic mass is 9.89. The number of rotatable bonds is 3. The van der Waals surface area contributed by atoms with Crippen LogP contribution in [-0.2, 0) is 15.4 Å². The van der Waals surface area contributed by atoms with Gasteiger partial charge in [-0.25, -0.2) is 18.4 Å². The van der Waals surface area contributed by atoms with Crippen LogP contribution >= 0.6 is 0 Å². The molecule has 1 saturated heterocycles. The molecule has 0 radical (unpaired) electrons. The molecule has 1 aliphatic rings. The monoisotopic (exact) mass is 326 g/mol. The zero-order valence-electron chi connectivity index (χ0n) is 14.1. The van der Waals surface area contributed by atoms with Crippen molar-refractivity contribution in [3.05, 3.63) is 18.0 Å². The maximum atomic E-state index is 12.2. The van der Waals surface area contributed by atoms with Crippen LogP contribution in [0, 0.1) is 0 Å². The molecule has 0 spiro atoms. The van der Waals surface area contributed by atoms with E-state index in [0.29, 0.717) is 32.1 Å². The average Bonchev–Trinajstić information content (AvgIpc) is 2.46. The fourth-order valence-corrected chi connectivity index (χ4v) is 3.58. The van der Waals surface area contributed by atoms with Gasteiger partial charge in [-0.15, -0.1) is 0 Å². The molecule has 1 aliphatic heterocycles. The lowest BCUT2D eigenvalue weighted by Gasteiger charge is -2.35. The van der Waals surface area contributed by atoms with Gasteiger partial charge in [0.15, 0.2) is 0 Å². The molecule has 1 aromatic heterocycles. The summed E-state index contributed by atoms with van der Waals surface area (Å²) >= 11 is 0. The van der Waals surface area contributed by atoms with Gasteiger partial charge >= 0.3 is 0 Å². The second-order valence-corrected chi connectivity index (χ2v) is 9.49. The standard InChI is InChI=1S/C15H26N4O2S/c1-12(2)22(20,21)19-8-6-18(7-9-19)14-16-10-13(11-17-14)15(3,4)5/h10-12H,6-9H2,1-5H3. The van der Waals surface area contributed by atoms with Crippen LogP contribution in [0.4, 0.5) is 5.95 Å². The van der Waals surface area contributed by atoms with Gasteiger partial charge < -0.3 is 4.90 Å². The Balaban J connectivity index is 2.03. The average molecular weight is 326 g/mol. The molecule has 124 valence electrons. The van der Waals surface area contributed by atoms with Crippen molar-refractivity contribution in [3.63, 3.8) is 0 Å². The summed E-state index contributed by atoms with van der Waals surface area (Å²) in [5.74, 6) is 0.676. The minimum atomic E-state index is -3.17. The molecule has 0 aliphatic carbocycles. The van der Waals surface area contributed by atoms with Crippen molar-refractivity contribution in [1.29, 1.82) is 0 Å². The van der Waals surface area contributed by atoms with Crippen LogP contribution in [0.2, 0.25) is 0 Å². The topological polar surface area (TPSA) is 66.4 Å². The molecule has 0 N–H and O–H groups in total. The third-order valence-corrected chi connectivity index (χ3v) is 6.26. The molecule has 0 bridgehead atoms. The highest BCUT2D eigenvalue weighted by Crippen LogP contribution is 2.22. The first-order valence-corrected chi connectivity index (χ1v) is 9.19. The van der Waals surface area contributed by atoms with Gasteiger partial charge in [-0.2, -0.15) is 4.31 Å². The fourth-order valence-electron chi connectivity index (χ4n) is 2.31. The number of piperazine rings is 1. The molecule has 0 saturated carbocycles. The molecule has 0 aromatic carbocycles. The molecule has 2 rings (SSSR count). The van der Waals surface area contributed by atoms with Crippen molar-refractivity contribution in [2.75, 3.05) is 31.1 Å². The van der Waals surface area contributed by atoms with Crippen molar-refractivity contribution in [2.45, 2.75) is 45.3 Å². The van der Waals surface area contributed by atoms with E-state index in [1.807, 2.05) is 17.3 Å². The van der Waals surface area contributed by atoms with Crippen molar-refractivity contribution >= 4 is 16.0 Å². The Morgan fingerprint density at radius 3 is 1.95 bits per heavy atom. The summed E-state index contributed by atoms with van der Waals surface area (Å²) in [6.07, 6.45) is 3.72. The molecule has 22 heavy (non-hydrogen) atoms. The van der Waals surface area contributed by atoms with Gasteiger partial charge in [-0.3, -0.25) is 0 Å². The van der Waals surface area contributed by atoms with Gasteiger partial charge in [-0.1, -0.05) is 20.8 Å². The first kappa shape index (κ1) is 17.1. The van der Waals surface area contributed by atoms with E-state index >= 15 is 0 Å². The molecule has 2 heterocycles. The van der Waals surface area contributed by atoms with Crippen LogP contribution in [0.5, 0.6) is 0 Å². The van der Waals surface area contributed by atoms with Gasteiger partial charge in [0.25, 0.3) is 0 Å². The van der Waals surface area contributed by atoms with E-state index in [0.717, 1.165) is 5.56 Å². The molecule has 0 amide bonds. The molecule has 0 unspecified atom stereocenters. The van der Waals surface area contributed by atoms with Gasteiger partial charge in [0, 0.05) is 38.6 Å². The summed E-state index contributed by atoms with van der Waals surface area (Å²) in [4.78, 5) is 10.9. The molecular formula is C15H26N4O2S. The van der Waals surface area contributed by atoms with Crippen LogP contribution < -0.4 is 4.90 Å². The van der Waals surface area contributed by atoms with E-state index in [1.165, 1.54) is 0 Å². The smallest absolute Gasteiger partial charge is 0.225 e. The lowest BCUT2D eigenvalue weighted by molar-refractivity contribution is 0.378. The second-order valence-electron chi connectivity index (χ2n) is 7.00. The maximum Gasteiger partial charge on any atom is 0.225 e. The lowest BCUT2D eigenvalue weighted by Crippen LogP contribution is -2.50. The largest absolute Gasteiger partial charge is 0.338 e. The first-order chi connectivity index (χ1) is 10.1. The normalized spacial score (nSPS) is 18.0. The summed E-state index contributed by atoms with van der Waals surface area (Å²) in [6, 6.07) is 0. The quantitative estimate of drug-likeness (QED) is 0.845. The van der Waals surface area contributed by atoms with Crippen molar-refractivity contribution in [1.82, 2.24) is 14.3 Å². The Bertz CT molecular complexity index is 597. The van der Waals surface area contributed by atoms with E-state index in [-0.39, 0.29) is 10.7 Å². The van der Waals surface area contributed by atoms with Crippen molar-refractivity contribution in [3.8, 4) is 0 Å². The third-order valence-electron chi connectivity index (χ3n) is 3.98. The number of hydrogen-bond donors (Lipinski definition) is 0. The summed E-state index contributed by atoms with van der Waals surface area (Å²) < 4.78 is 25.9. The second kappa shape index (κ2) is 6.12. The zero-order valence-corrected chi connectivity index (χ0v) is 14.9. The Kier molecular flexibility index (Phi) is 4.77. The third kappa shape index (κ3) is 3.57. The van der Waals surface area contributed by atoms with Gasteiger partial charge in [-0.05, 0) is 24.8 Å². The predicted octanol–water partition coefficient (Wildman–Crippen LogP) is 1.63. The zero-order chi connectivity index (χ0) is 16.5. The molecule has 7 heteroatoms. The summed E-state index contributed by atoms with van der Waals surface area (Å²) in [5.41, 5.74) is 1.13. The van der Waals surface area contributed by atoms with Crippen LogP contribution in [0.3, 0.4) is 0 Å². The molecule has 1 aromatic rings. The van der Waals surface area contributed by atoms with Crippen molar-refractivity contribution in [2.24, 2.45) is 0 Å². The molecular weight excluding hydrogens is 300 g/mol. The Hall–Kier alpha value is -1.21. The maximum absolute atomic E-state index is 12.2. The highest BCUT2D eigenvalue weighted by Gasteiger charge is 2.30. The number of nitrogens with zero attached hydrogens (tertiary/aromatic N) is 4. The number of anilines is 1. The number of hydrogen-bond acceptors (Lipinski definition) is 5. The van der Waals surface area contributed by atoms with Crippen LogP contribution in [0.15, 0.2) is 12.4 Å². The minimum absolute atomic E-state index is 0.0303. The highest BCUT2D eigenvalue weighted by molar-refractivity contribution is 7.89. The fraction of sp³-hybridized carbons (Fsp3) is 0.733. The highest BCUT2D eigenvalue weighted by atomic mass is 32.2. The van der Waals surface area contributed by atoms with Crippen LogP contribution in [0.25, 0.3) is 0 Å². The van der Waals surface area contributed by atoms with Crippen LogP contribution in [-0.4, -0.2) is 54.1 Å². The predicted molar refractivity (Wildman–Crippen MR) is 88.6 cm³/mol. The van der Waals surface area contributed by atoms with Gasteiger partial charge in [0.05, 0.1) is 5.25 Å². The Morgan fingerprint density at radius 2 is 1.55 bits per heavy atom. The van der Waals surface area contributed by atoms with E-state index < -0.39 is 10.0 Å². The van der Waals surface area contributed by atoms with E-state index in [9.17, 15) is 8.42 Å². The summed E-state index contributed by atoms with van der Waals surface area (Å²) in [6.45, 7) is 12.0. The number of sulfonamides is 1. The summed E-state index contributed by atoms with van der Waals surface area (Å²) in [7, 11) is -3.17. The Labute approximate surface area is 133 Å².